The van der Waals surface area contributed by atoms with Crippen molar-refractivity contribution in [2.75, 3.05) is 19.6 Å². The van der Waals surface area contributed by atoms with E-state index < -0.39 is 0 Å². The fourth-order valence-corrected chi connectivity index (χ4v) is 2.83. The van der Waals surface area contributed by atoms with Crippen molar-refractivity contribution in [3.05, 3.63) is 24.2 Å². The third-order valence-electron chi connectivity index (χ3n) is 4.32. The molecule has 1 saturated heterocycles. The number of furan rings is 1. The van der Waals surface area contributed by atoms with E-state index in [9.17, 15) is 0 Å². The normalized spacial score (nSPS) is 22.1. The summed E-state index contributed by atoms with van der Waals surface area (Å²) in [4.78, 5) is 2.63. The second kappa shape index (κ2) is 6.58. The quantitative estimate of drug-likeness (QED) is 0.885. The van der Waals surface area contributed by atoms with Gasteiger partial charge >= 0.3 is 0 Å². The van der Waals surface area contributed by atoms with Crippen molar-refractivity contribution < 1.29 is 4.42 Å². The minimum Gasteiger partial charge on any atom is -0.468 e. The lowest BCUT2D eigenvalue weighted by Gasteiger charge is -2.28. The number of rotatable bonds is 5. The molecule has 0 radical (unpaired) electrons. The molecule has 1 unspecified atom stereocenters. The van der Waals surface area contributed by atoms with Crippen LogP contribution in [0.15, 0.2) is 22.8 Å². The molecule has 0 aromatic carbocycles. The molecule has 0 bridgehead atoms. The monoisotopic (exact) mass is 264 g/mol. The van der Waals surface area contributed by atoms with E-state index in [1.54, 1.807) is 6.26 Å². The zero-order valence-electron chi connectivity index (χ0n) is 12.6. The van der Waals surface area contributed by atoms with Crippen LogP contribution in [0.3, 0.4) is 0 Å². The van der Waals surface area contributed by atoms with Gasteiger partial charge in [-0.2, -0.15) is 0 Å². The van der Waals surface area contributed by atoms with Gasteiger partial charge in [-0.05, 0) is 56.8 Å². The molecule has 1 atom stereocenters. The van der Waals surface area contributed by atoms with Crippen LogP contribution in [0.1, 0.15) is 45.8 Å². The maximum atomic E-state index is 5.33. The van der Waals surface area contributed by atoms with Crippen molar-refractivity contribution >= 4 is 0 Å². The minimum atomic E-state index is 0.524. The highest BCUT2D eigenvalue weighted by molar-refractivity contribution is 4.97. The minimum absolute atomic E-state index is 0.524. The lowest BCUT2D eigenvalue weighted by atomic mass is 9.85. The van der Waals surface area contributed by atoms with Crippen LogP contribution in [0.5, 0.6) is 0 Å². The van der Waals surface area contributed by atoms with E-state index in [-0.39, 0.29) is 0 Å². The molecular formula is C16H28N2O. The maximum Gasteiger partial charge on any atom is 0.117 e. The van der Waals surface area contributed by atoms with Crippen LogP contribution in [0.2, 0.25) is 0 Å². The van der Waals surface area contributed by atoms with Gasteiger partial charge in [-0.15, -0.1) is 0 Å². The van der Waals surface area contributed by atoms with Crippen molar-refractivity contribution in [2.45, 2.75) is 52.6 Å². The van der Waals surface area contributed by atoms with Gasteiger partial charge in [0.15, 0.2) is 0 Å². The second-order valence-electron chi connectivity index (χ2n) is 6.61. The molecule has 3 heteroatoms. The zero-order valence-corrected chi connectivity index (χ0v) is 12.6. The average Bonchev–Trinajstić information content (AvgIpc) is 2.79. The maximum absolute atomic E-state index is 5.33. The first kappa shape index (κ1) is 14.6. The molecule has 1 fully saturated rings. The molecule has 0 aliphatic carbocycles. The number of nitrogens with one attached hydrogen (secondary N) is 1. The molecule has 1 aliphatic heterocycles. The molecule has 3 nitrogen and oxygen atoms in total. The fourth-order valence-electron chi connectivity index (χ4n) is 2.83. The van der Waals surface area contributed by atoms with Crippen molar-refractivity contribution in [3.63, 3.8) is 0 Å². The second-order valence-corrected chi connectivity index (χ2v) is 6.61. The van der Waals surface area contributed by atoms with Gasteiger partial charge in [-0.3, -0.25) is 4.90 Å². The van der Waals surface area contributed by atoms with E-state index in [2.05, 4.69) is 31.0 Å². The van der Waals surface area contributed by atoms with Gasteiger partial charge in [0, 0.05) is 12.6 Å². The number of nitrogens with zero attached hydrogens (tertiary/aromatic N) is 1. The summed E-state index contributed by atoms with van der Waals surface area (Å²) in [5, 5.41) is 3.49. The topological polar surface area (TPSA) is 28.4 Å². The summed E-state index contributed by atoms with van der Waals surface area (Å²) < 4.78 is 5.33. The SMILES string of the molecule is CC(CNCc1ccco1)N1CCCC(C)(C)CC1. The van der Waals surface area contributed by atoms with Gasteiger partial charge in [-0.1, -0.05) is 13.8 Å². The Hall–Kier alpha value is -0.800. The van der Waals surface area contributed by atoms with Crippen molar-refractivity contribution in [2.24, 2.45) is 5.41 Å². The average molecular weight is 264 g/mol. The van der Waals surface area contributed by atoms with Crippen LogP contribution in [0.25, 0.3) is 0 Å². The first-order valence-electron chi connectivity index (χ1n) is 7.54. The molecule has 19 heavy (non-hydrogen) atoms. The molecule has 1 N–H and O–H groups in total. The smallest absolute Gasteiger partial charge is 0.117 e. The fraction of sp³-hybridized carbons (Fsp3) is 0.750. The molecule has 2 heterocycles. The molecule has 0 saturated carbocycles. The van der Waals surface area contributed by atoms with Crippen molar-refractivity contribution in [1.29, 1.82) is 0 Å². The summed E-state index contributed by atoms with van der Waals surface area (Å²) in [6, 6.07) is 4.56. The van der Waals surface area contributed by atoms with Crippen LogP contribution in [-0.2, 0) is 6.54 Å². The predicted octanol–water partition coefficient (Wildman–Crippen LogP) is 3.27. The Morgan fingerprint density at radius 3 is 2.95 bits per heavy atom. The molecule has 108 valence electrons. The highest BCUT2D eigenvalue weighted by Crippen LogP contribution is 2.30. The zero-order chi connectivity index (χ0) is 13.7. The van der Waals surface area contributed by atoms with E-state index in [0.717, 1.165) is 18.8 Å². The first-order chi connectivity index (χ1) is 9.07. The van der Waals surface area contributed by atoms with Crippen molar-refractivity contribution in [3.8, 4) is 0 Å². The van der Waals surface area contributed by atoms with Gasteiger partial charge in [0.25, 0.3) is 0 Å². The van der Waals surface area contributed by atoms with Crippen LogP contribution in [0, 0.1) is 5.41 Å². The summed E-state index contributed by atoms with van der Waals surface area (Å²) in [7, 11) is 0. The van der Waals surface area contributed by atoms with Gasteiger partial charge in [0.05, 0.1) is 12.8 Å². The summed E-state index contributed by atoms with van der Waals surface area (Å²) in [6.07, 6.45) is 5.73. The van der Waals surface area contributed by atoms with Gasteiger partial charge in [0.1, 0.15) is 5.76 Å². The van der Waals surface area contributed by atoms with E-state index in [1.165, 1.54) is 32.4 Å². The number of hydrogen-bond donors (Lipinski definition) is 1. The summed E-state index contributed by atoms with van der Waals surface area (Å²) in [5.74, 6) is 1.02. The Labute approximate surface area is 117 Å². The lowest BCUT2D eigenvalue weighted by molar-refractivity contribution is 0.201. The van der Waals surface area contributed by atoms with Crippen LogP contribution in [0.4, 0.5) is 0 Å². The molecule has 0 spiro atoms. The Bertz CT molecular complexity index is 359. The third-order valence-corrected chi connectivity index (χ3v) is 4.32. The molecule has 1 aromatic heterocycles. The van der Waals surface area contributed by atoms with E-state index in [4.69, 9.17) is 4.42 Å². The van der Waals surface area contributed by atoms with E-state index in [1.807, 2.05) is 12.1 Å². The Morgan fingerprint density at radius 2 is 2.21 bits per heavy atom. The van der Waals surface area contributed by atoms with Gasteiger partial charge in [-0.25, -0.2) is 0 Å². The van der Waals surface area contributed by atoms with Gasteiger partial charge in [0.2, 0.25) is 0 Å². The standard InChI is InChI=1S/C16H28N2O/c1-14(12-17-13-15-6-4-11-19-15)18-9-5-7-16(2,3)8-10-18/h4,6,11,14,17H,5,7-10,12-13H2,1-3H3. The molecular weight excluding hydrogens is 236 g/mol. The first-order valence-corrected chi connectivity index (χ1v) is 7.54. The predicted molar refractivity (Wildman–Crippen MR) is 79.1 cm³/mol. The number of hydrogen-bond acceptors (Lipinski definition) is 3. The van der Waals surface area contributed by atoms with Crippen LogP contribution < -0.4 is 5.32 Å². The Morgan fingerprint density at radius 1 is 1.37 bits per heavy atom. The highest BCUT2D eigenvalue weighted by Gasteiger charge is 2.24. The van der Waals surface area contributed by atoms with Gasteiger partial charge < -0.3 is 9.73 Å². The molecule has 1 aromatic rings. The molecule has 1 aliphatic rings. The van der Waals surface area contributed by atoms with Crippen LogP contribution in [-0.4, -0.2) is 30.6 Å². The number of likely N-dealkylation sites (tertiary alicyclic amines) is 1. The third kappa shape index (κ3) is 4.66. The summed E-state index contributed by atoms with van der Waals surface area (Å²) in [5.41, 5.74) is 0.524. The van der Waals surface area contributed by atoms with Crippen LogP contribution >= 0.6 is 0 Å². The Balaban J connectivity index is 1.72. The largest absolute Gasteiger partial charge is 0.468 e. The molecule has 2 rings (SSSR count). The summed E-state index contributed by atoms with van der Waals surface area (Å²) >= 11 is 0. The van der Waals surface area contributed by atoms with E-state index in [0.29, 0.717) is 11.5 Å². The lowest BCUT2D eigenvalue weighted by Crippen LogP contribution is -2.41. The summed E-state index contributed by atoms with van der Waals surface area (Å²) in [6.45, 7) is 11.5. The van der Waals surface area contributed by atoms with Crippen molar-refractivity contribution in [1.82, 2.24) is 10.2 Å². The highest BCUT2D eigenvalue weighted by atomic mass is 16.3. The van der Waals surface area contributed by atoms with E-state index >= 15 is 0 Å². The Kier molecular flexibility index (Phi) is 5.06. The molecule has 0 amide bonds.